The topological polar surface area (TPSA) is 75.7 Å². The Labute approximate surface area is 100 Å². The maximum absolute atomic E-state index is 11.5. The van der Waals surface area contributed by atoms with Crippen LogP contribution in [0.15, 0.2) is 0 Å². The molecule has 0 saturated carbocycles. The number of carbonyl (C=O) groups is 3. The molecule has 1 heterocycles. The van der Waals surface area contributed by atoms with Crippen molar-refractivity contribution >= 4 is 17.8 Å². The first-order valence-electron chi connectivity index (χ1n) is 5.74. The fraction of sp³-hybridized carbons (Fsp3) is 0.727. The summed E-state index contributed by atoms with van der Waals surface area (Å²) in [6.45, 7) is 2.66. The highest BCUT2D eigenvalue weighted by atomic mass is 16.5. The highest BCUT2D eigenvalue weighted by molar-refractivity contribution is 6.02. The van der Waals surface area contributed by atoms with E-state index in [2.05, 4.69) is 10.1 Å². The Morgan fingerprint density at radius 2 is 2.00 bits per heavy atom. The molecule has 0 aromatic carbocycles. The van der Waals surface area contributed by atoms with E-state index in [4.69, 9.17) is 0 Å². The number of ether oxygens (including phenoxy) is 1. The van der Waals surface area contributed by atoms with Gasteiger partial charge >= 0.3 is 5.97 Å². The lowest BCUT2D eigenvalue weighted by molar-refractivity contribution is -0.145. The second kappa shape index (κ2) is 6.34. The molecule has 0 aliphatic carbocycles. The molecule has 0 aromatic heterocycles. The number of likely N-dealkylation sites (tertiary alicyclic amines) is 1. The molecule has 0 bridgehead atoms. The van der Waals surface area contributed by atoms with Crippen molar-refractivity contribution in [3.8, 4) is 0 Å². The number of rotatable bonds is 6. The number of nitrogens with one attached hydrogen (secondary N) is 1. The third-order valence-corrected chi connectivity index (χ3v) is 2.65. The van der Waals surface area contributed by atoms with Crippen molar-refractivity contribution in [1.82, 2.24) is 10.2 Å². The van der Waals surface area contributed by atoms with Crippen LogP contribution in [0.25, 0.3) is 0 Å². The van der Waals surface area contributed by atoms with Crippen LogP contribution >= 0.6 is 0 Å². The first-order valence-corrected chi connectivity index (χ1v) is 5.74. The molecular weight excluding hydrogens is 224 g/mol. The van der Waals surface area contributed by atoms with Crippen LogP contribution in [-0.2, 0) is 19.1 Å². The van der Waals surface area contributed by atoms with Crippen LogP contribution < -0.4 is 5.32 Å². The van der Waals surface area contributed by atoms with Gasteiger partial charge in [-0.25, -0.2) is 0 Å². The number of methoxy groups -OCH3 is 1. The SMILES string of the molecule is CCCNC(CN1C(=O)CCC1=O)C(=O)OC. The van der Waals surface area contributed by atoms with Gasteiger partial charge in [-0.05, 0) is 13.0 Å². The summed E-state index contributed by atoms with van der Waals surface area (Å²) < 4.78 is 4.64. The molecule has 1 aliphatic rings. The standard InChI is InChI=1S/C11H18N2O4/c1-3-6-12-8(11(16)17-2)7-13-9(14)4-5-10(13)15/h8,12H,3-7H2,1-2H3. The fourth-order valence-corrected chi connectivity index (χ4v) is 1.69. The van der Waals surface area contributed by atoms with Gasteiger partial charge in [0.2, 0.25) is 11.8 Å². The number of hydrogen-bond donors (Lipinski definition) is 1. The third kappa shape index (κ3) is 3.52. The molecule has 1 fully saturated rings. The van der Waals surface area contributed by atoms with Gasteiger partial charge in [-0.1, -0.05) is 6.92 Å². The van der Waals surface area contributed by atoms with Gasteiger partial charge in [0.15, 0.2) is 0 Å². The van der Waals surface area contributed by atoms with Crippen molar-refractivity contribution in [2.75, 3.05) is 20.2 Å². The van der Waals surface area contributed by atoms with Crippen LogP contribution in [0.4, 0.5) is 0 Å². The zero-order valence-electron chi connectivity index (χ0n) is 10.2. The van der Waals surface area contributed by atoms with Crippen molar-refractivity contribution in [2.45, 2.75) is 32.2 Å². The van der Waals surface area contributed by atoms with Crippen LogP contribution in [0.1, 0.15) is 26.2 Å². The predicted molar refractivity (Wildman–Crippen MR) is 60.1 cm³/mol. The summed E-state index contributed by atoms with van der Waals surface area (Å²) >= 11 is 0. The van der Waals surface area contributed by atoms with Crippen molar-refractivity contribution in [3.05, 3.63) is 0 Å². The molecule has 1 aliphatic heterocycles. The summed E-state index contributed by atoms with van der Waals surface area (Å²) in [5, 5.41) is 2.97. The van der Waals surface area contributed by atoms with Crippen LogP contribution in [0, 0.1) is 0 Å². The highest BCUT2D eigenvalue weighted by Crippen LogP contribution is 2.12. The largest absolute Gasteiger partial charge is 0.468 e. The maximum atomic E-state index is 11.5. The quantitative estimate of drug-likeness (QED) is 0.510. The minimum absolute atomic E-state index is 0.0599. The van der Waals surface area contributed by atoms with Crippen molar-refractivity contribution in [3.63, 3.8) is 0 Å². The Bertz CT molecular complexity index is 301. The molecule has 17 heavy (non-hydrogen) atoms. The molecule has 0 aromatic rings. The molecule has 0 spiro atoms. The van der Waals surface area contributed by atoms with Gasteiger partial charge in [0, 0.05) is 12.8 Å². The molecule has 1 unspecified atom stereocenters. The average Bonchev–Trinajstić information content (AvgIpc) is 2.64. The fourth-order valence-electron chi connectivity index (χ4n) is 1.69. The minimum atomic E-state index is -0.633. The number of hydrogen-bond acceptors (Lipinski definition) is 5. The molecule has 6 heteroatoms. The lowest BCUT2D eigenvalue weighted by Crippen LogP contribution is -2.48. The number of carbonyl (C=O) groups excluding carboxylic acids is 3. The molecule has 1 N–H and O–H groups in total. The first kappa shape index (κ1) is 13.6. The van der Waals surface area contributed by atoms with Crippen LogP contribution in [-0.4, -0.2) is 48.9 Å². The predicted octanol–water partition coefficient (Wildman–Crippen LogP) is -0.323. The Morgan fingerprint density at radius 3 is 2.47 bits per heavy atom. The molecular formula is C11H18N2O4. The summed E-state index contributed by atoms with van der Waals surface area (Å²) in [6, 6.07) is -0.633. The number of imide groups is 1. The Hall–Kier alpha value is -1.43. The molecule has 6 nitrogen and oxygen atoms in total. The molecule has 1 saturated heterocycles. The number of amides is 2. The van der Waals surface area contributed by atoms with E-state index in [1.165, 1.54) is 7.11 Å². The normalized spacial score (nSPS) is 17.4. The van der Waals surface area contributed by atoms with Crippen LogP contribution in [0.2, 0.25) is 0 Å². The Kier molecular flexibility index (Phi) is 5.09. The van der Waals surface area contributed by atoms with E-state index in [1.807, 2.05) is 6.92 Å². The van der Waals surface area contributed by atoms with E-state index in [-0.39, 0.29) is 31.2 Å². The van der Waals surface area contributed by atoms with Gasteiger partial charge in [-0.15, -0.1) is 0 Å². The maximum Gasteiger partial charge on any atom is 0.324 e. The van der Waals surface area contributed by atoms with E-state index in [9.17, 15) is 14.4 Å². The van der Waals surface area contributed by atoms with Gasteiger partial charge in [-0.3, -0.25) is 19.3 Å². The summed E-state index contributed by atoms with van der Waals surface area (Å²) in [6.07, 6.45) is 1.33. The van der Waals surface area contributed by atoms with Crippen molar-refractivity contribution in [1.29, 1.82) is 0 Å². The van der Waals surface area contributed by atoms with E-state index >= 15 is 0 Å². The minimum Gasteiger partial charge on any atom is -0.468 e. The summed E-state index contributed by atoms with van der Waals surface area (Å²) in [5.41, 5.74) is 0. The zero-order chi connectivity index (χ0) is 12.8. The molecule has 96 valence electrons. The lowest BCUT2D eigenvalue weighted by atomic mass is 10.2. The Morgan fingerprint density at radius 1 is 1.41 bits per heavy atom. The lowest BCUT2D eigenvalue weighted by Gasteiger charge is -2.21. The monoisotopic (exact) mass is 242 g/mol. The van der Waals surface area contributed by atoms with Gasteiger partial charge in [0.25, 0.3) is 0 Å². The van der Waals surface area contributed by atoms with Crippen molar-refractivity contribution in [2.24, 2.45) is 0 Å². The molecule has 1 atom stereocenters. The Balaban J connectivity index is 2.61. The van der Waals surface area contributed by atoms with E-state index in [0.717, 1.165) is 11.3 Å². The second-order valence-electron chi connectivity index (χ2n) is 3.93. The van der Waals surface area contributed by atoms with Gasteiger partial charge in [0.05, 0.1) is 13.7 Å². The average molecular weight is 242 g/mol. The van der Waals surface area contributed by atoms with Crippen LogP contribution in [0.5, 0.6) is 0 Å². The zero-order valence-corrected chi connectivity index (χ0v) is 10.2. The van der Waals surface area contributed by atoms with E-state index < -0.39 is 12.0 Å². The first-order chi connectivity index (χ1) is 8.10. The summed E-state index contributed by atoms with van der Waals surface area (Å²) in [4.78, 5) is 35.5. The number of esters is 1. The van der Waals surface area contributed by atoms with E-state index in [0.29, 0.717) is 6.54 Å². The summed E-state index contributed by atoms with van der Waals surface area (Å²) in [7, 11) is 1.29. The van der Waals surface area contributed by atoms with Crippen LogP contribution in [0.3, 0.4) is 0 Å². The molecule has 0 radical (unpaired) electrons. The third-order valence-electron chi connectivity index (χ3n) is 2.65. The van der Waals surface area contributed by atoms with E-state index in [1.54, 1.807) is 0 Å². The van der Waals surface area contributed by atoms with Gasteiger partial charge in [0.1, 0.15) is 6.04 Å². The summed E-state index contributed by atoms with van der Waals surface area (Å²) in [5.74, 6) is -0.893. The molecule has 1 rings (SSSR count). The van der Waals surface area contributed by atoms with Gasteiger partial charge < -0.3 is 10.1 Å². The van der Waals surface area contributed by atoms with Crippen molar-refractivity contribution < 1.29 is 19.1 Å². The molecule has 2 amide bonds. The van der Waals surface area contributed by atoms with Gasteiger partial charge in [-0.2, -0.15) is 0 Å². The second-order valence-corrected chi connectivity index (χ2v) is 3.93. The smallest absolute Gasteiger partial charge is 0.324 e. The highest BCUT2D eigenvalue weighted by Gasteiger charge is 2.33. The number of nitrogens with zero attached hydrogens (tertiary/aromatic N) is 1.